The third-order valence-electron chi connectivity index (χ3n) is 7.82. The van der Waals surface area contributed by atoms with Gasteiger partial charge >= 0.3 is 0 Å². The lowest BCUT2D eigenvalue weighted by Gasteiger charge is -2.34. The van der Waals surface area contributed by atoms with Gasteiger partial charge in [0.15, 0.2) is 0 Å². The van der Waals surface area contributed by atoms with E-state index in [1.165, 1.54) is 10.5 Å². The number of ether oxygens (including phenoxy) is 1. The van der Waals surface area contributed by atoms with Gasteiger partial charge in [0.1, 0.15) is 24.4 Å². The molecule has 2 heterocycles. The van der Waals surface area contributed by atoms with E-state index < -0.39 is 23.9 Å². The van der Waals surface area contributed by atoms with Crippen LogP contribution in [0.1, 0.15) is 55.5 Å². The summed E-state index contributed by atoms with van der Waals surface area (Å²) in [5, 5.41) is 5.66. The number of likely N-dealkylation sites (N-methyl/N-ethyl adjacent to an activating group) is 1. The van der Waals surface area contributed by atoms with Crippen LogP contribution in [0.2, 0.25) is 0 Å². The van der Waals surface area contributed by atoms with Crippen molar-refractivity contribution < 1.29 is 23.9 Å². The van der Waals surface area contributed by atoms with Crippen LogP contribution in [0, 0.1) is 11.8 Å². The molecular weight excluding hydrogens is 520 g/mol. The molecule has 0 saturated carbocycles. The summed E-state index contributed by atoms with van der Waals surface area (Å²) in [6.45, 7) is 5.56. The number of benzene rings is 2. The number of hydrogen-bond donors (Lipinski definition) is 2. The number of nitrogens with zero attached hydrogens (tertiary/aromatic N) is 2. The second kappa shape index (κ2) is 14.1. The summed E-state index contributed by atoms with van der Waals surface area (Å²) in [6, 6.07) is 15.3. The average molecular weight is 563 g/mol. The zero-order valence-electron chi connectivity index (χ0n) is 24.3. The van der Waals surface area contributed by atoms with Crippen molar-refractivity contribution in [2.75, 3.05) is 33.3 Å². The minimum atomic E-state index is -1.07. The molecular formula is C32H42N4O5. The lowest BCUT2D eigenvalue weighted by atomic mass is 9.90. The van der Waals surface area contributed by atoms with Gasteiger partial charge in [-0.3, -0.25) is 19.2 Å². The van der Waals surface area contributed by atoms with Gasteiger partial charge in [-0.1, -0.05) is 56.3 Å². The Kier molecular flexibility index (Phi) is 10.4. The van der Waals surface area contributed by atoms with Crippen molar-refractivity contribution in [1.29, 1.82) is 0 Å². The minimum absolute atomic E-state index is 0.161. The van der Waals surface area contributed by atoms with Crippen LogP contribution in [0.4, 0.5) is 0 Å². The first-order valence-corrected chi connectivity index (χ1v) is 14.6. The number of fused-ring (bicyclic) bond motifs is 1. The van der Waals surface area contributed by atoms with E-state index >= 15 is 0 Å². The molecule has 41 heavy (non-hydrogen) atoms. The van der Waals surface area contributed by atoms with Crippen molar-refractivity contribution in [3.63, 3.8) is 0 Å². The summed E-state index contributed by atoms with van der Waals surface area (Å²) in [4.78, 5) is 56.9. The van der Waals surface area contributed by atoms with Gasteiger partial charge in [0.05, 0.1) is 18.5 Å². The first-order chi connectivity index (χ1) is 19.7. The average Bonchev–Trinajstić information content (AvgIpc) is 2.96. The quantitative estimate of drug-likeness (QED) is 0.583. The van der Waals surface area contributed by atoms with Crippen molar-refractivity contribution >= 4 is 23.6 Å². The van der Waals surface area contributed by atoms with E-state index in [4.69, 9.17) is 4.74 Å². The maximum absolute atomic E-state index is 13.8. The minimum Gasteiger partial charge on any atom is -0.491 e. The van der Waals surface area contributed by atoms with Gasteiger partial charge < -0.3 is 25.2 Å². The van der Waals surface area contributed by atoms with Gasteiger partial charge in [-0.05, 0) is 55.2 Å². The second-order valence-electron chi connectivity index (χ2n) is 11.5. The van der Waals surface area contributed by atoms with Crippen LogP contribution in [-0.4, -0.2) is 78.8 Å². The molecule has 0 aliphatic carbocycles. The lowest BCUT2D eigenvalue weighted by Crippen LogP contribution is -2.54. The fourth-order valence-corrected chi connectivity index (χ4v) is 5.54. The molecule has 4 rings (SSSR count). The lowest BCUT2D eigenvalue weighted by molar-refractivity contribution is -0.138. The Hall–Kier alpha value is -3.88. The van der Waals surface area contributed by atoms with Crippen molar-refractivity contribution in [2.24, 2.45) is 11.8 Å². The van der Waals surface area contributed by atoms with Gasteiger partial charge in [0.25, 0.3) is 5.91 Å². The molecule has 2 aliphatic rings. The molecule has 9 heteroatoms. The Morgan fingerprint density at radius 3 is 2.34 bits per heavy atom. The van der Waals surface area contributed by atoms with E-state index in [0.29, 0.717) is 37.7 Å². The predicted molar refractivity (Wildman–Crippen MR) is 156 cm³/mol. The summed E-state index contributed by atoms with van der Waals surface area (Å²) in [7, 11) is 1.67. The van der Waals surface area contributed by atoms with Crippen LogP contribution < -0.4 is 15.4 Å². The maximum Gasteiger partial charge on any atom is 0.255 e. The van der Waals surface area contributed by atoms with E-state index in [2.05, 4.69) is 22.8 Å². The third-order valence-corrected chi connectivity index (χ3v) is 7.82. The number of hydrogen-bond acceptors (Lipinski definition) is 5. The van der Waals surface area contributed by atoms with Crippen LogP contribution in [0.5, 0.6) is 5.75 Å². The molecule has 1 saturated heterocycles. The van der Waals surface area contributed by atoms with Gasteiger partial charge in [0.2, 0.25) is 17.7 Å². The number of rotatable bonds is 5. The molecule has 9 nitrogen and oxygen atoms in total. The Morgan fingerprint density at radius 2 is 1.63 bits per heavy atom. The van der Waals surface area contributed by atoms with E-state index in [0.717, 1.165) is 19.3 Å². The highest BCUT2D eigenvalue weighted by Crippen LogP contribution is 2.23. The topological polar surface area (TPSA) is 108 Å². The molecule has 2 aromatic rings. The van der Waals surface area contributed by atoms with Crippen molar-refractivity contribution in [3.05, 3.63) is 65.7 Å². The summed E-state index contributed by atoms with van der Waals surface area (Å²) in [6.07, 6.45) is 2.85. The van der Waals surface area contributed by atoms with Gasteiger partial charge in [-0.25, -0.2) is 0 Å². The van der Waals surface area contributed by atoms with Crippen LogP contribution in [0.3, 0.4) is 0 Å². The smallest absolute Gasteiger partial charge is 0.255 e. The van der Waals surface area contributed by atoms with E-state index in [1.807, 2.05) is 32.0 Å². The van der Waals surface area contributed by atoms with Gasteiger partial charge in [-0.15, -0.1) is 0 Å². The van der Waals surface area contributed by atoms with Crippen LogP contribution in [-0.2, 0) is 20.8 Å². The maximum atomic E-state index is 13.8. The number of carbonyl (C=O) groups is 4. The molecule has 2 N–H and O–H groups in total. The number of piperidine rings is 1. The second-order valence-corrected chi connectivity index (χ2v) is 11.5. The largest absolute Gasteiger partial charge is 0.491 e. The highest BCUT2D eigenvalue weighted by molar-refractivity contribution is 6.01. The van der Waals surface area contributed by atoms with Gasteiger partial charge in [-0.2, -0.15) is 0 Å². The Balaban J connectivity index is 1.52. The SMILES string of the molecule is CC(C)C[C@H]1NC(=O)C[C@@H](C(=O)N2CCC(Cc3ccccc3)CC2)NC(=O)c2ccccc2OCCN(C)C1=O. The molecule has 0 aromatic heterocycles. The molecule has 2 aromatic carbocycles. The molecule has 0 unspecified atom stereocenters. The van der Waals surface area contributed by atoms with E-state index in [-0.39, 0.29) is 36.3 Å². The van der Waals surface area contributed by atoms with E-state index in [9.17, 15) is 19.2 Å². The van der Waals surface area contributed by atoms with Crippen LogP contribution in [0.15, 0.2) is 54.6 Å². The molecule has 1 fully saturated rings. The molecule has 220 valence electrons. The molecule has 4 amide bonds. The Labute approximate surface area is 242 Å². The monoisotopic (exact) mass is 562 g/mol. The molecule has 0 radical (unpaired) electrons. The zero-order chi connectivity index (χ0) is 29.4. The molecule has 0 bridgehead atoms. The highest BCUT2D eigenvalue weighted by Gasteiger charge is 2.33. The Morgan fingerprint density at radius 1 is 0.951 bits per heavy atom. The number of para-hydroxylation sites is 1. The normalized spacial score (nSPS) is 21.4. The first kappa shape index (κ1) is 30.1. The standard InChI is InChI=1S/C32H42N4O5/c1-22(2)19-26-31(39)35(3)17-18-41-28-12-8-7-11-25(28)30(38)34-27(21-29(37)33-26)32(40)36-15-13-24(14-16-36)20-23-9-5-4-6-10-23/h4-12,22,24,26-27H,13-21H2,1-3H3,(H,33,37)(H,34,38)/t26-,27+/m1/s1. The first-order valence-electron chi connectivity index (χ1n) is 14.6. The third kappa shape index (κ3) is 8.31. The fraction of sp³-hybridized carbons (Fsp3) is 0.500. The molecule has 2 aliphatic heterocycles. The fourth-order valence-electron chi connectivity index (χ4n) is 5.54. The Bertz CT molecular complexity index is 1210. The van der Waals surface area contributed by atoms with Crippen LogP contribution >= 0.6 is 0 Å². The van der Waals surface area contributed by atoms with Crippen molar-refractivity contribution in [3.8, 4) is 5.75 Å². The van der Waals surface area contributed by atoms with Crippen LogP contribution in [0.25, 0.3) is 0 Å². The molecule has 2 atom stereocenters. The number of nitrogens with one attached hydrogen (secondary N) is 2. The highest BCUT2D eigenvalue weighted by atomic mass is 16.5. The predicted octanol–water partition coefficient (Wildman–Crippen LogP) is 3.04. The number of carbonyl (C=O) groups excluding carboxylic acids is 4. The van der Waals surface area contributed by atoms with Gasteiger partial charge in [0, 0.05) is 20.1 Å². The summed E-state index contributed by atoms with van der Waals surface area (Å²) < 4.78 is 5.89. The van der Waals surface area contributed by atoms with Crippen molar-refractivity contribution in [1.82, 2.24) is 20.4 Å². The van der Waals surface area contributed by atoms with E-state index in [1.54, 1.807) is 36.2 Å². The number of amides is 4. The number of likely N-dealkylation sites (tertiary alicyclic amines) is 1. The zero-order valence-corrected chi connectivity index (χ0v) is 24.3. The summed E-state index contributed by atoms with van der Waals surface area (Å²) in [5.41, 5.74) is 1.56. The summed E-state index contributed by atoms with van der Waals surface area (Å²) in [5.74, 6) is -0.447. The summed E-state index contributed by atoms with van der Waals surface area (Å²) >= 11 is 0. The molecule has 0 spiro atoms. The van der Waals surface area contributed by atoms with Crippen molar-refractivity contribution in [2.45, 2.75) is 58.0 Å².